The predicted molar refractivity (Wildman–Crippen MR) is 73.8 cm³/mol. The van der Waals surface area contributed by atoms with Crippen molar-refractivity contribution < 1.29 is 4.74 Å². The average Bonchev–Trinajstić information content (AvgIpc) is 2.81. The Kier molecular flexibility index (Phi) is 4.23. The first-order chi connectivity index (χ1) is 8.08. The van der Waals surface area contributed by atoms with Gasteiger partial charge >= 0.3 is 0 Å². The number of nitrogens with one attached hydrogen (secondary N) is 1. The number of hydrogen-bond donors (Lipinski definition) is 1. The molecule has 0 bridgehead atoms. The van der Waals surface area contributed by atoms with Crippen LogP contribution in [0.25, 0.3) is 0 Å². The van der Waals surface area contributed by atoms with Crippen molar-refractivity contribution in [3.8, 4) is 0 Å². The third-order valence-electron chi connectivity index (χ3n) is 3.62. The molecule has 1 fully saturated rings. The quantitative estimate of drug-likeness (QED) is 0.890. The fraction of sp³-hybridized carbons (Fsp3) is 0.714. The van der Waals surface area contributed by atoms with Gasteiger partial charge in [-0.05, 0) is 47.6 Å². The van der Waals surface area contributed by atoms with Crippen LogP contribution in [0.3, 0.4) is 0 Å². The first-order valence-corrected chi connectivity index (χ1v) is 7.41. The van der Waals surface area contributed by atoms with Gasteiger partial charge in [-0.2, -0.15) is 11.3 Å². The van der Waals surface area contributed by atoms with Crippen LogP contribution in [0.15, 0.2) is 16.8 Å². The van der Waals surface area contributed by atoms with Gasteiger partial charge in [0.05, 0.1) is 12.2 Å². The van der Waals surface area contributed by atoms with Crippen molar-refractivity contribution in [2.24, 2.45) is 0 Å². The molecule has 17 heavy (non-hydrogen) atoms. The highest BCUT2D eigenvalue weighted by molar-refractivity contribution is 7.08. The van der Waals surface area contributed by atoms with Crippen molar-refractivity contribution in [2.75, 3.05) is 13.1 Å². The Hall–Kier alpha value is -0.380. The van der Waals surface area contributed by atoms with E-state index in [2.05, 4.69) is 42.9 Å². The van der Waals surface area contributed by atoms with Crippen LogP contribution in [-0.2, 0) is 10.2 Å². The summed E-state index contributed by atoms with van der Waals surface area (Å²) in [6.45, 7) is 8.79. The first kappa shape index (κ1) is 13.1. The summed E-state index contributed by atoms with van der Waals surface area (Å²) in [5.74, 6) is 0. The van der Waals surface area contributed by atoms with E-state index < -0.39 is 0 Å². The summed E-state index contributed by atoms with van der Waals surface area (Å²) in [5, 5.41) is 7.86. The number of ether oxygens (including phenoxy) is 1. The molecular weight excluding hydrogens is 230 g/mol. The topological polar surface area (TPSA) is 21.3 Å². The zero-order valence-electron chi connectivity index (χ0n) is 11.0. The van der Waals surface area contributed by atoms with Gasteiger partial charge in [0.25, 0.3) is 0 Å². The second-order valence-corrected chi connectivity index (χ2v) is 6.44. The summed E-state index contributed by atoms with van der Waals surface area (Å²) >= 11 is 1.78. The molecule has 0 spiro atoms. The van der Waals surface area contributed by atoms with Crippen molar-refractivity contribution in [1.82, 2.24) is 5.32 Å². The number of morpholine rings is 1. The molecule has 1 aromatic rings. The largest absolute Gasteiger partial charge is 0.373 e. The highest BCUT2D eigenvalue weighted by atomic mass is 32.1. The third-order valence-corrected chi connectivity index (χ3v) is 4.31. The summed E-state index contributed by atoms with van der Waals surface area (Å²) in [6.07, 6.45) is 3.07. The lowest BCUT2D eigenvalue weighted by Crippen LogP contribution is -2.43. The van der Waals surface area contributed by atoms with E-state index in [1.807, 2.05) is 0 Å². The smallest absolute Gasteiger partial charge is 0.0704 e. The summed E-state index contributed by atoms with van der Waals surface area (Å²) in [7, 11) is 0. The fourth-order valence-corrected chi connectivity index (χ4v) is 3.21. The monoisotopic (exact) mass is 253 g/mol. The summed E-state index contributed by atoms with van der Waals surface area (Å²) in [6, 6.07) is 2.24. The lowest BCUT2D eigenvalue weighted by molar-refractivity contribution is -0.0336. The standard InChI is InChI=1S/C14H23NOS/c1-11-8-15-9-13(16-11)4-6-14(2,3)12-5-7-17-10-12/h5,7,10-11,13,15H,4,6,8-9H2,1-3H3. The van der Waals surface area contributed by atoms with E-state index >= 15 is 0 Å². The van der Waals surface area contributed by atoms with E-state index in [0.29, 0.717) is 12.2 Å². The second-order valence-electron chi connectivity index (χ2n) is 5.66. The molecule has 0 radical (unpaired) electrons. The van der Waals surface area contributed by atoms with Crippen LogP contribution in [0.4, 0.5) is 0 Å². The van der Waals surface area contributed by atoms with Gasteiger partial charge in [0, 0.05) is 13.1 Å². The van der Waals surface area contributed by atoms with Crippen LogP contribution >= 0.6 is 11.3 Å². The first-order valence-electron chi connectivity index (χ1n) is 6.47. The highest BCUT2D eigenvalue weighted by Crippen LogP contribution is 2.31. The Morgan fingerprint density at radius 3 is 2.94 bits per heavy atom. The summed E-state index contributed by atoms with van der Waals surface area (Å²) in [4.78, 5) is 0. The average molecular weight is 253 g/mol. The molecule has 1 aromatic heterocycles. The van der Waals surface area contributed by atoms with Gasteiger partial charge in [-0.15, -0.1) is 0 Å². The highest BCUT2D eigenvalue weighted by Gasteiger charge is 2.25. The zero-order chi connectivity index (χ0) is 12.3. The maximum Gasteiger partial charge on any atom is 0.0704 e. The number of rotatable bonds is 4. The van der Waals surface area contributed by atoms with Crippen molar-refractivity contribution in [1.29, 1.82) is 0 Å². The molecule has 96 valence electrons. The minimum atomic E-state index is 0.268. The van der Waals surface area contributed by atoms with Crippen LogP contribution in [0, 0.1) is 0 Å². The van der Waals surface area contributed by atoms with Gasteiger partial charge in [-0.25, -0.2) is 0 Å². The summed E-state index contributed by atoms with van der Waals surface area (Å²) < 4.78 is 5.94. The van der Waals surface area contributed by atoms with Crippen molar-refractivity contribution >= 4 is 11.3 Å². The van der Waals surface area contributed by atoms with Crippen LogP contribution in [0.2, 0.25) is 0 Å². The Morgan fingerprint density at radius 1 is 1.47 bits per heavy atom. The SMILES string of the molecule is CC1CNCC(CCC(C)(C)c2ccsc2)O1. The molecule has 3 heteroatoms. The molecule has 2 rings (SSSR count). The van der Waals surface area contributed by atoms with E-state index in [9.17, 15) is 0 Å². The second kappa shape index (κ2) is 5.51. The normalized spacial score (nSPS) is 26.1. The molecule has 1 aliphatic rings. The van der Waals surface area contributed by atoms with Crippen molar-refractivity contribution in [2.45, 2.75) is 51.2 Å². The van der Waals surface area contributed by atoms with Crippen LogP contribution in [0.1, 0.15) is 39.2 Å². The molecular formula is C14H23NOS. The molecule has 0 aromatic carbocycles. The van der Waals surface area contributed by atoms with Crippen LogP contribution in [-0.4, -0.2) is 25.3 Å². The van der Waals surface area contributed by atoms with Gasteiger partial charge in [-0.3, -0.25) is 0 Å². The molecule has 1 N–H and O–H groups in total. The van der Waals surface area contributed by atoms with Gasteiger partial charge in [0.1, 0.15) is 0 Å². The molecule has 0 amide bonds. The molecule has 1 aliphatic heterocycles. The lowest BCUT2D eigenvalue weighted by Gasteiger charge is -2.32. The molecule has 2 heterocycles. The molecule has 2 nitrogen and oxygen atoms in total. The minimum absolute atomic E-state index is 0.268. The predicted octanol–water partition coefficient (Wildman–Crippen LogP) is 3.18. The van der Waals surface area contributed by atoms with Crippen molar-refractivity contribution in [3.05, 3.63) is 22.4 Å². The van der Waals surface area contributed by atoms with Gasteiger partial charge in [-0.1, -0.05) is 13.8 Å². The van der Waals surface area contributed by atoms with Gasteiger partial charge in [0.15, 0.2) is 0 Å². The molecule has 1 saturated heterocycles. The Labute approximate surface area is 108 Å². The molecule has 2 atom stereocenters. The maximum absolute atomic E-state index is 5.94. The van der Waals surface area contributed by atoms with E-state index in [4.69, 9.17) is 4.74 Å². The van der Waals surface area contributed by atoms with Crippen LogP contribution in [0.5, 0.6) is 0 Å². The van der Waals surface area contributed by atoms with E-state index in [-0.39, 0.29) is 5.41 Å². The third kappa shape index (κ3) is 3.54. The van der Waals surface area contributed by atoms with E-state index in [1.54, 1.807) is 11.3 Å². The Morgan fingerprint density at radius 2 is 2.29 bits per heavy atom. The maximum atomic E-state index is 5.94. The van der Waals surface area contributed by atoms with Crippen LogP contribution < -0.4 is 5.32 Å². The zero-order valence-corrected chi connectivity index (χ0v) is 11.8. The number of hydrogen-bond acceptors (Lipinski definition) is 3. The van der Waals surface area contributed by atoms with E-state index in [0.717, 1.165) is 19.5 Å². The van der Waals surface area contributed by atoms with Crippen molar-refractivity contribution in [3.63, 3.8) is 0 Å². The molecule has 0 saturated carbocycles. The van der Waals surface area contributed by atoms with Gasteiger partial charge in [0.2, 0.25) is 0 Å². The minimum Gasteiger partial charge on any atom is -0.373 e. The molecule has 0 aliphatic carbocycles. The van der Waals surface area contributed by atoms with E-state index in [1.165, 1.54) is 12.0 Å². The Balaban J connectivity index is 1.85. The number of thiophene rings is 1. The Bertz CT molecular complexity index is 334. The van der Waals surface area contributed by atoms with Gasteiger partial charge < -0.3 is 10.1 Å². The molecule has 2 unspecified atom stereocenters. The fourth-order valence-electron chi connectivity index (χ4n) is 2.36. The summed E-state index contributed by atoms with van der Waals surface area (Å²) in [5.41, 5.74) is 1.73. The lowest BCUT2D eigenvalue weighted by atomic mass is 9.81.